The van der Waals surface area contributed by atoms with Crippen molar-refractivity contribution in [2.45, 2.75) is 14.7 Å². The molecule has 0 fully saturated rings. The van der Waals surface area contributed by atoms with Gasteiger partial charge in [-0.15, -0.1) is 0 Å². The Kier molecular flexibility index (Phi) is 4.17. The van der Waals surface area contributed by atoms with E-state index in [1.165, 1.54) is 97.2 Å². The molecule has 0 N–H and O–H groups in total. The van der Waals surface area contributed by atoms with Crippen LogP contribution in [-0.4, -0.2) is 13.7 Å². The van der Waals surface area contributed by atoms with E-state index in [0.29, 0.717) is 0 Å². The molecule has 2 aliphatic rings. The molecule has 0 aliphatic carbocycles. The van der Waals surface area contributed by atoms with Crippen LogP contribution in [0.2, 0.25) is 0 Å². The van der Waals surface area contributed by atoms with Crippen LogP contribution in [0, 0.1) is 0 Å². The lowest BCUT2D eigenvalue weighted by Crippen LogP contribution is -2.13. The van der Waals surface area contributed by atoms with Gasteiger partial charge in [0.05, 0.1) is 44.5 Å². The highest BCUT2D eigenvalue weighted by Gasteiger charge is 2.37. The normalized spacial score (nSPS) is 15.5. The third-order valence-electron chi connectivity index (χ3n) is 10.4. The Hall–Kier alpha value is -5.71. The van der Waals surface area contributed by atoms with Crippen LogP contribution in [0.3, 0.4) is 0 Å². The minimum atomic E-state index is -0.828. The number of thiol groups is 1. The first-order valence-electron chi connectivity index (χ1n) is 15.9. The molecule has 1 unspecified atom stereocenters. The molecule has 214 valence electrons. The second kappa shape index (κ2) is 8.11. The van der Waals surface area contributed by atoms with Crippen LogP contribution >= 0.6 is 10.9 Å². The molecule has 0 saturated heterocycles. The number of fused-ring (bicyclic) bond motifs is 15. The predicted molar refractivity (Wildman–Crippen MR) is 193 cm³/mol. The zero-order valence-electron chi connectivity index (χ0n) is 24.6. The van der Waals surface area contributed by atoms with Gasteiger partial charge in [-0.2, -0.15) is 10.9 Å². The summed E-state index contributed by atoms with van der Waals surface area (Å²) in [4.78, 5) is 4.36. The Morgan fingerprint density at radius 1 is 0.370 bits per heavy atom. The summed E-state index contributed by atoms with van der Waals surface area (Å²) in [5, 5.41) is 7.94. The van der Waals surface area contributed by atoms with E-state index in [2.05, 4.69) is 159 Å². The molecular weight excluding hydrogens is 579 g/mol. The smallest absolute Gasteiger partial charge is 0.0688 e. The zero-order valence-corrected chi connectivity index (χ0v) is 25.5. The fourth-order valence-corrected chi connectivity index (χ4v) is 11.6. The maximum absolute atomic E-state index is 2.59. The van der Waals surface area contributed by atoms with Gasteiger partial charge in [0, 0.05) is 52.7 Å². The summed E-state index contributed by atoms with van der Waals surface area (Å²) in [6.45, 7) is 0. The third-order valence-corrected chi connectivity index (χ3v) is 13.0. The van der Waals surface area contributed by atoms with Gasteiger partial charge in [0.15, 0.2) is 0 Å². The first-order chi connectivity index (χ1) is 22.9. The Labute approximate surface area is 266 Å². The molecule has 5 heterocycles. The minimum absolute atomic E-state index is 0.828. The number of benzene rings is 7. The lowest BCUT2D eigenvalue weighted by atomic mass is 10.1. The molecule has 3 aromatic heterocycles. The van der Waals surface area contributed by atoms with Crippen LogP contribution in [0.15, 0.2) is 160 Å². The molecule has 12 rings (SSSR count). The van der Waals surface area contributed by atoms with Crippen LogP contribution in [0.25, 0.3) is 82.5 Å². The summed E-state index contributed by atoms with van der Waals surface area (Å²) >= 11 is 0. The quantitative estimate of drug-likeness (QED) is 0.180. The number of nitrogens with zero attached hydrogens (tertiary/aromatic N) is 3. The van der Waals surface area contributed by atoms with E-state index in [9.17, 15) is 0 Å². The van der Waals surface area contributed by atoms with Gasteiger partial charge in [0.25, 0.3) is 0 Å². The number of rotatable bonds is 1. The number of hydrogen-bond acceptors (Lipinski definition) is 0. The highest BCUT2D eigenvalue weighted by molar-refractivity contribution is 8.17. The van der Waals surface area contributed by atoms with E-state index < -0.39 is 10.9 Å². The maximum atomic E-state index is 2.59. The monoisotopic (exact) mass is 603 g/mol. The number of para-hydroxylation sites is 5. The minimum Gasteiger partial charge on any atom is -0.309 e. The van der Waals surface area contributed by atoms with Crippen molar-refractivity contribution in [1.82, 2.24) is 13.7 Å². The van der Waals surface area contributed by atoms with E-state index in [0.717, 1.165) is 0 Å². The Balaban J connectivity index is 1.38. The predicted octanol–water partition coefficient (Wildman–Crippen LogP) is 11.1. The highest BCUT2D eigenvalue weighted by atomic mass is 32.2. The molecule has 46 heavy (non-hydrogen) atoms. The molecule has 2 aliphatic heterocycles. The van der Waals surface area contributed by atoms with E-state index >= 15 is 0 Å². The second-order valence-corrected chi connectivity index (χ2v) is 14.6. The lowest BCUT2D eigenvalue weighted by molar-refractivity contribution is 1.03. The molecule has 0 amide bonds. The van der Waals surface area contributed by atoms with Crippen LogP contribution < -0.4 is 0 Å². The van der Waals surface area contributed by atoms with E-state index in [-0.39, 0.29) is 0 Å². The maximum Gasteiger partial charge on any atom is 0.0688 e. The van der Waals surface area contributed by atoms with Crippen molar-refractivity contribution in [3.8, 4) is 17.1 Å². The van der Waals surface area contributed by atoms with Gasteiger partial charge >= 0.3 is 0 Å². The van der Waals surface area contributed by atoms with Crippen LogP contribution in [0.1, 0.15) is 0 Å². The fourth-order valence-electron chi connectivity index (χ4n) is 8.74. The first-order valence-corrected chi connectivity index (χ1v) is 17.2. The summed E-state index contributed by atoms with van der Waals surface area (Å²) in [7, 11) is -0.828. The Morgan fingerprint density at radius 3 is 1.78 bits per heavy atom. The van der Waals surface area contributed by atoms with E-state index in [4.69, 9.17) is 0 Å². The molecule has 10 aromatic rings. The number of hydrogen-bond donors (Lipinski definition) is 1. The molecule has 0 spiro atoms. The summed E-state index contributed by atoms with van der Waals surface area (Å²) in [6, 6.07) is 54.3. The third kappa shape index (κ3) is 2.59. The van der Waals surface area contributed by atoms with Crippen molar-refractivity contribution in [3.05, 3.63) is 146 Å². The fraction of sp³-hybridized carbons (Fsp3) is 0. The van der Waals surface area contributed by atoms with Gasteiger partial charge in [0.1, 0.15) is 0 Å². The molecule has 0 radical (unpaired) electrons. The van der Waals surface area contributed by atoms with Crippen molar-refractivity contribution >= 4 is 76.3 Å². The van der Waals surface area contributed by atoms with Crippen molar-refractivity contribution < 1.29 is 0 Å². The largest absolute Gasteiger partial charge is 0.309 e. The van der Waals surface area contributed by atoms with Gasteiger partial charge in [-0.05, 0) is 54.6 Å². The summed E-state index contributed by atoms with van der Waals surface area (Å²) < 4.78 is 7.64. The van der Waals surface area contributed by atoms with Crippen LogP contribution in [-0.2, 0) is 0 Å². The van der Waals surface area contributed by atoms with Gasteiger partial charge < -0.3 is 13.7 Å². The Morgan fingerprint density at radius 2 is 0.978 bits per heavy atom. The van der Waals surface area contributed by atoms with Crippen LogP contribution in [0.4, 0.5) is 0 Å². The zero-order chi connectivity index (χ0) is 29.7. The van der Waals surface area contributed by atoms with Crippen molar-refractivity contribution in [1.29, 1.82) is 0 Å². The van der Waals surface area contributed by atoms with Gasteiger partial charge in [-0.1, -0.05) is 91.0 Å². The van der Waals surface area contributed by atoms with E-state index in [1.54, 1.807) is 0 Å². The van der Waals surface area contributed by atoms with Crippen LogP contribution in [0.5, 0.6) is 0 Å². The summed E-state index contributed by atoms with van der Waals surface area (Å²) in [6.07, 6.45) is 0. The van der Waals surface area contributed by atoms with Crippen molar-refractivity contribution in [2.24, 2.45) is 0 Å². The molecule has 0 saturated carbocycles. The average molecular weight is 604 g/mol. The molecule has 3 nitrogen and oxygen atoms in total. The lowest BCUT2D eigenvalue weighted by Gasteiger charge is -2.37. The van der Waals surface area contributed by atoms with Crippen molar-refractivity contribution in [2.75, 3.05) is 0 Å². The molecular formula is C42H25N3S. The average Bonchev–Trinajstić information content (AvgIpc) is 3.76. The van der Waals surface area contributed by atoms with Gasteiger partial charge in [0.2, 0.25) is 0 Å². The molecule has 0 bridgehead atoms. The molecule has 7 aromatic carbocycles. The summed E-state index contributed by atoms with van der Waals surface area (Å²) in [5.74, 6) is 0. The number of aromatic nitrogens is 3. The molecule has 4 heteroatoms. The van der Waals surface area contributed by atoms with Gasteiger partial charge in [-0.3, -0.25) is 0 Å². The summed E-state index contributed by atoms with van der Waals surface area (Å²) in [5.41, 5.74) is 11.6. The second-order valence-electron chi connectivity index (χ2n) is 12.6. The standard InChI is InChI=1S/C42H25N3S/c1-2-12-25(13-3-1)43-31-17-7-5-15-27(31)30-24-37-41-38(39(30)43)29-16-6-9-19-33(29)45(41)35-23-22-28-26-14-4-8-18-32(26)44-34-20-10-11-21-36(34)46(37)42(35)40(28)44/h1-24,46H. The SMILES string of the molecule is c1ccc(-n2c3ccccc3c3cc4c5c(c6ccccc6n5-c5ccc6c7ccccc7n7c6c5[SH]4c4ccccc4-7)c32)cc1. The molecule has 1 atom stereocenters. The highest BCUT2D eigenvalue weighted by Crippen LogP contribution is 2.66. The van der Waals surface area contributed by atoms with Gasteiger partial charge in [-0.25, -0.2) is 0 Å². The topological polar surface area (TPSA) is 14.8 Å². The van der Waals surface area contributed by atoms with E-state index in [1.807, 2.05) is 0 Å². The van der Waals surface area contributed by atoms with Crippen molar-refractivity contribution in [3.63, 3.8) is 0 Å². The Bertz CT molecular complexity index is 2980. The first kappa shape index (κ1) is 23.6.